The van der Waals surface area contributed by atoms with E-state index in [1.54, 1.807) is 18.2 Å². The number of sulfonamides is 1. The SMILES string of the molecule is COc1ncc(C#Cc2c(C)ncnc2N2CCOCC2)cc1NS(=O)(=O)C1=CCCC=C1.[HH]. The van der Waals surface area contributed by atoms with Gasteiger partial charge in [0.15, 0.2) is 0 Å². The van der Waals surface area contributed by atoms with Gasteiger partial charge < -0.3 is 14.4 Å². The number of nitrogens with one attached hydrogen (secondary N) is 1. The van der Waals surface area contributed by atoms with E-state index in [0.29, 0.717) is 25.2 Å². The Morgan fingerprint density at radius 3 is 2.73 bits per heavy atom. The molecule has 1 fully saturated rings. The van der Waals surface area contributed by atoms with Crippen LogP contribution in [0, 0.1) is 18.8 Å². The van der Waals surface area contributed by atoms with Gasteiger partial charge in [0.05, 0.1) is 36.5 Å². The van der Waals surface area contributed by atoms with E-state index in [1.165, 1.54) is 19.6 Å². The quantitative estimate of drug-likeness (QED) is 0.666. The number of ether oxygens (including phenoxy) is 2. The molecule has 0 unspecified atom stereocenters. The van der Waals surface area contributed by atoms with Crippen LogP contribution < -0.4 is 14.4 Å². The molecule has 2 aliphatic rings. The van der Waals surface area contributed by atoms with E-state index in [1.807, 2.05) is 13.0 Å². The Hall–Kier alpha value is -3.42. The third-order valence-electron chi connectivity index (χ3n) is 5.22. The molecule has 174 valence electrons. The van der Waals surface area contributed by atoms with Crippen LogP contribution >= 0.6 is 0 Å². The third-order valence-corrected chi connectivity index (χ3v) is 6.63. The van der Waals surface area contributed by atoms with E-state index < -0.39 is 10.0 Å². The third kappa shape index (κ3) is 5.32. The zero-order valence-corrected chi connectivity index (χ0v) is 19.4. The topological polar surface area (TPSA) is 107 Å². The number of anilines is 2. The Balaban J connectivity index is 0.00000324. The van der Waals surface area contributed by atoms with Gasteiger partial charge >= 0.3 is 0 Å². The van der Waals surface area contributed by atoms with E-state index in [2.05, 4.69) is 36.4 Å². The zero-order chi connectivity index (χ0) is 23.3. The maximum Gasteiger partial charge on any atom is 0.261 e. The van der Waals surface area contributed by atoms with Crippen molar-refractivity contribution in [1.29, 1.82) is 0 Å². The summed E-state index contributed by atoms with van der Waals surface area (Å²) >= 11 is 0. The first-order chi connectivity index (χ1) is 16.0. The normalized spacial score (nSPS) is 15.9. The van der Waals surface area contributed by atoms with Crippen LogP contribution in [0.15, 0.2) is 41.7 Å². The molecule has 10 heteroatoms. The molecule has 0 atom stereocenters. The molecule has 4 rings (SSSR count). The van der Waals surface area contributed by atoms with Gasteiger partial charge in [0.25, 0.3) is 10.0 Å². The first-order valence-electron chi connectivity index (χ1n) is 10.6. The van der Waals surface area contributed by atoms with Crippen molar-refractivity contribution in [3.05, 3.63) is 58.5 Å². The highest BCUT2D eigenvalue weighted by Gasteiger charge is 2.20. The van der Waals surface area contributed by atoms with Gasteiger partial charge in [0.2, 0.25) is 5.88 Å². The number of allylic oxidation sites excluding steroid dienone is 3. The number of morpholine rings is 1. The fourth-order valence-corrected chi connectivity index (χ4v) is 4.67. The van der Waals surface area contributed by atoms with Gasteiger partial charge in [-0.3, -0.25) is 4.72 Å². The van der Waals surface area contributed by atoms with Gasteiger partial charge in [0.1, 0.15) is 17.8 Å². The van der Waals surface area contributed by atoms with Crippen molar-refractivity contribution >= 4 is 21.5 Å². The van der Waals surface area contributed by atoms with Crippen molar-refractivity contribution in [2.24, 2.45) is 0 Å². The standard InChI is InChI=1S/C23H25N5O4S.H2/c1-17-20(22(26-16-25-17)28-10-12-32-13-11-28)9-8-18-14-21(23(31-2)24-15-18)27-33(29,30)19-6-4-3-5-7-19;/h4,6-7,14-16,27H,3,5,10-13H2,1-2H3;1H. The molecule has 0 aromatic carbocycles. The summed E-state index contributed by atoms with van der Waals surface area (Å²) in [6, 6.07) is 1.61. The number of hydrogen-bond donors (Lipinski definition) is 1. The summed E-state index contributed by atoms with van der Waals surface area (Å²) in [5, 5.41) is 0. The van der Waals surface area contributed by atoms with Crippen LogP contribution in [0.4, 0.5) is 11.5 Å². The van der Waals surface area contributed by atoms with Gasteiger partial charge in [-0.05, 0) is 31.9 Å². The molecule has 2 aromatic heterocycles. The van der Waals surface area contributed by atoms with Gasteiger partial charge in [-0.25, -0.2) is 23.4 Å². The molecule has 1 saturated heterocycles. The summed E-state index contributed by atoms with van der Waals surface area (Å²) in [5.74, 6) is 7.14. The smallest absolute Gasteiger partial charge is 0.261 e. The summed E-state index contributed by atoms with van der Waals surface area (Å²) in [6.45, 7) is 4.60. The van der Waals surface area contributed by atoms with Crippen LogP contribution in [0.5, 0.6) is 5.88 Å². The summed E-state index contributed by atoms with van der Waals surface area (Å²) in [7, 11) is -2.33. The molecule has 1 N–H and O–H groups in total. The molecule has 0 bridgehead atoms. The van der Waals surface area contributed by atoms with E-state index >= 15 is 0 Å². The number of rotatable bonds is 5. The maximum atomic E-state index is 12.8. The molecule has 33 heavy (non-hydrogen) atoms. The maximum absolute atomic E-state index is 12.8. The Kier molecular flexibility index (Phi) is 6.91. The van der Waals surface area contributed by atoms with Crippen LogP contribution in [0.3, 0.4) is 0 Å². The van der Waals surface area contributed by atoms with Gasteiger partial charge in [-0.2, -0.15) is 0 Å². The lowest BCUT2D eigenvalue weighted by Crippen LogP contribution is -2.37. The minimum Gasteiger partial charge on any atom is -0.479 e. The number of pyridine rings is 1. The lowest BCUT2D eigenvalue weighted by molar-refractivity contribution is 0.122. The Labute approximate surface area is 195 Å². The predicted octanol–water partition coefficient (Wildman–Crippen LogP) is 2.65. The molecule has 0 radical (unpaired) electrons. The monoisotopic (exact) mass is 469 g/mol. The largest absolute Gasteiger partial charge is 0.479 e. The Bertz CT molecular complexity index is 1260. The van der Waals surface area contributed by atoms with E-state index in [9.17, 15) is 8.42 Å². The highest BCUT2D eigenvalue weighted by molar-refractivity contribution is 7.96. The molecule has 0 saturated carbocycles. The fourth-order valence-electron chi connectivity index (χ4n) is 3.51. The molecule has 3 heterocycles. The number of methoxy groups -OCH3 is 1. The van der Waals surface area contributed by atoms with Gasteiger partial charge in [0, 0.05) is 26.3 Å². The summed E-state index contributed by atoms with van der Waals surface area (Å²) in [5.41, 5.74) is 2.23. The minimum atomic E-state index is -3.76. The van der Waals surface area contributed by atoms with Crippen LogP contribution in [0.2, 0.25) is 0 Å². The van der Waals surface area contributed by atoms with E-state index in [0.717, 1.165) is 36.6 Å². The summed E-state index contributed by atoms with van der Waals surface area (Å²) in [4.78, 5) is 15.3. The summed E-state index contributed by atoms with van der Waals surface area (Å²) < 4.78 is 38.8. The minimum absolute atomic E-state index is 0. The average Bonchev–Trinajstić information content (AvgIpc) is 2.84. The number of aromatic nitrogens is 3. The number of aryl methyl sites for hydroxylation is 1. The zero-order valence-electron chi connectivity index (χ0n) is 18.5. The van der Waals surface area contributed by atoms with E-state index in [4.69, 9.17) is 9.47 Å². The summed E-state index contributed by atoms with van der Waals surface area (Å²) in [6.07, 6.45) is 9.69. The van der Waals surface area contributed by atoms with Crippen molar-refractivity contribution in [2.45, 2.75) is 19.8 Å². The average molecular weight is 470 g/mol. The second kappa shape index (κ2) is 10.0. The molecular weight excluding hydrogens is 442 g/mol. The predicted molar refractivity (Wildman–Crippen MR) is 128 cm³/mol. The lowest BCUT2D eigenvalue weighted by Gasteiger charge is -2.28. The first kappa shape index (κ1) is 22.8. The van der Waals surface area contributed by atoms with Crippen LogP contribution in [-0.4, -0.2) is 56.8 Å². The second-order valence-corrected chi connectivity index (χ2v) is 9.16. The fraction of sp³-hybridized carbons (Fsp3) is 0.348. The molecule has 0 spiro atoms. The molecule has 9 nitrogen and oxygen atoms in total. The molecule has 0 amide bonds. The van der Waals surface area contributed by atoms with Crippen molar-refractivity contribution < 1.29 is 19.3 Å². The lowest BCUT2D eigenvalue weighted by atomic mass is 10.2. The molecule has 1 aliphatic carbocycles. The Morgan fingerprint density at radius 2 is 2.00 bits per heavy atom. The molecular formula is C23H27N5O4S. The van der Waals surface area contributed by atoms with Gasteiger partial charge in [-0.1, -0.05) is 24.0 Å². The molecule has 2 aromatic rings. The van der Waals surface area contributed by atoms with Gasteiger partial charge in [-0.15, -0.1) is 0 Å². The van der Waals surface area contributed by atoms with Crippen molar-refractivity contribution in [1.82, 2.24) is 15.0 Å². The molecule has 1 aliphatic heterocycles. The highest BCUT2D eigenvalue weighted by Crippen LogP contribution is 2.27. The van der Waals surface area contributed by atoms with Crippen LogP contribution in [-0.2, 0) is 14.8 Å². The Morgan fingerprint density at radius 1 is 1.18 bits per heavy atom. The number of nitrogens with zero attached hydrogens (tertiary/aromatic N) is 4. The first-order valence-corrected chi connectivity index (χ1v) is 12.1. The highest BCUT2D eigenvalue weighted by atomic mass is 32.2. The van der Waals surface area contributed by atoms with Crippen molar-refractivity contribution in [3.8, 4) is 17.7 Å². The van der Waals surface area contributed by atoms with Crippen LogP contribution in [0.1, 0.15) is 31.1 Å². The second-order valence-electron chi connectivity index (χ2n) is 7.48. The van der Waals surface area contributed by atoms with E-state index in [-0.39, 0.29) is 17.9 Å². The van der Waals surface area contributed by atoms with Crippen molar-refractivity contribution in [2.75, 3.05) is 43.0 Å². The van der Waals surface area contributed by atoms with Crippen LogP contribution in [0.25, 0.3) is 0 Å². The van der Waals surface area contributed by atoms with Crippen molar-refractivity contribution in [3.63, 3.8) is 0 Å². The number of hydrogen-bond acceptors (Lipinski definition) is 8.